The molecule has 11 heteroatoms. The minimum absolute atomic E-state index is 0.164. The Morgan fingerprint density at radius 3 is 2.44 bits per heavy atom. The van der Waals surface area contributed by atoms with Gasteiger partial charge in [-0.15, -0.1) is 0 Å². The first-order valence-electron chi connectivity index (χ1n) is 9.30. The molecule has 32 heavy (non-hydrogen) atoms. The van der Waals surface area contributed by atoms with Crippen LogP contribution in [-0.4, -0.2) is 33.0 Å². The number of fused-ring (bicyclic) bond motifs is 1. The predicted molar refractivity (Wildman–Crippen MR) is 105 cm³/mol. The van der Waals surface area contributed by atoms with Crippen LogP contribution in [0.25, 0.3) is 22.2 Å². The number of benzene rings is 2. The molecule has 6 nitrogen and oxygen atoms in total. The van der Waals surface area contributed by atoms with Crippen LogP contribution in [-0.2, 0) is 5.92 Å². The zero-order valence-corrected chi connectivity index (χ0v) is 16.1. The van der Waals surface area contributed by atoms with Crippen molar-refractivity contribution in [3.63, 3.8) is 0 Å². The zero-order chi connectivity index (χ0) is 22.9. The lowest BCUT2D eigenvalue weighted by atomic mass is 10.1. The summed E-state index contributed by atoms with van der Waals surface area (Å²) < 4.78 is 70.1. The molecule has 2 N–H and O–H groups in total. The van der Waals surface area contributed by atoms with Crippen molar-refractivity contribution in [2.24, 2.45) is 0 Å². The van der Waals surface area contributed by atoms with Crippen LogP contribution < -0.4 is 5.32 Å². The second kappa shape index (κ2) is 8.15. The summed E-state index contributed by atoms with van der Waals surface area (Å²) in [6, 6.07) is 14.2. The Bertz CT molecular complexity index is 1230. The Balaban J connectivity index is 1.56. The molecule has 0 saturated heterocycles. The number of alkyl halides is 5. The molecule has 2 heterocycles. The molecule has 0 saturated carbocycles. The van der Waals surface area contributed by atoms with E-state index in [1.54, 1.807) is 30.3 Å². The van der Waals surface area contributed by atoms with E-state index in [1.165, 1.54) is 18.5 Å². The number of anilines is 1. The highest BCUT2D eigenvalue weighted by Crippen LogP contribution is 2.45. The van der Waals surface area contributed by atoms with Gasteiger partial charge in [0, 0.05) is 18.2 Å². The summed E-state index contributed by atoms with van der Waals surface area (Å²) in [6.07, 6.45) is -5.33. The second-order valence-corrected chi connectivity index (χ2v) is 6.91. The van der Waals surface area contributed by atoms with E-state index in [0.29, 0.717) is 17.1 Å². The molecule has 0 unspecified atom stereocenters. The summed E-state index contributed by atoms with van der Waals surface area (Å²) in [5.74, 6) is -4.77. The first kappa shape index (κ1) is 21.6. The fraction of sp³-hybridized carbons (Fsp3) is 0.190. The van der Waals surface area contributed by atoms with E-state index in [9.17, 15) is 27.1 Å². The van der Waals surface area contributed by atoms with E-state index < -0.39 is 29.3 Å². The molecule has 2 aromatic carbocycles. The maximum atomic E-state index is 13.7. The third kappa shape index (κ3) is 4.11. The van der Waals surface area contributed by atoms with E-state index in [0.717, 1.165) is 11.6 Å². The Morgan fingerprint density at radius 1 is 0.969 bits per heavy atom. The van der Waals surface area contributed by atoms with Gasteiger partial charge in [0.15, 0.2) is 11.3 Å². The van der Waals surface area contributed by atoms with Gasteiger partial charge in [-0.3, -0.25) is 0 Å². The third-order valence-electron chi connectivity index (χ3n) is 4.75. The van der Waals surface area contributed by atoms with Gasteiger partial charge in [-0.2, -0.15) is 22.0 Å². The molecule has 0 aliphatic carbocycles. The molecule has 0 radical (unpaired) electrons. The van der Waals surface area contributed by atoms with Gasteiger partial charge < -0.3 is 14.9 Å². The van der Waals surface area contributed by atoms with E-state index in [1.807, 2.05) is 6.07 Å². The molecule has 0 bridgehead atoms. The summed E-state index contributed by atoms with van der Waals surface area (Å²) in [5.41, 5.74) is -0.263. The average Bonchev–Trinajstić information content (AvgIpc) is 3.21. The largest absolute Gasteiger partial charge is 0.459 e. The van der Waals surface area contributed by atoms with Crippen LogP contribution in [0.1, 0.15) is 17.4 Å². The number of halogens is 5. The topological polar surface area (TPSA) is 84.1 Å². The van der Waals surface area contributed by atoms with Gasteiger partial charge in [-0.05, 0) is 17.7 Å². The molecular formula is C21H15F5N4O2. The number of aliphatic hydroxyl groups excluding tert-OH is 1. The molecule has 0 aliphatic heterocycles. The molecule has 0 aliphatic rings. The van der Waals surface area contributed by atoms with E-state index >= 15 is 0 Å². The van der Waals surface area contributed by atoms with Crippen molar-refractivity contribution in [2.45, 2.75) is 18.2 Å². The number of aromatic nitrogens is 3. The van der Waals surface area contributed by atoms with Gasteiger partial charge in [0.1, 0.15) is 12.1 Å². The van der Waals surface area contributed by atoms with E-state index in [-0.39, 0.29) is 12.1 Å². The van der Waals surface area contributed by atoms with Crippen molar-refractivity contribution in [2.75, 3.05) is 11.9 Å². The van der Waals surface area contributed by atoms with Crippen LogP contribution in [0.15, 0.2) is 65.4 Å². The van der Waals surface area contributed by atoms with Crippen molar-refractivity contribution in [3.05, 3.63) is 72.2 Å². The molecule has 1 atom stereocenters. The average molecular weight is 450 g/mol. The highest BCUT2D eigenvalue weighted by atomic mass is 19.4. The number of aliphatic hydroxyl groups is 1. The lowest BCUT2D eigenvalue weighted by Gasteiger charge is -2.16. The van der Waals surface area contributed by atoms with Crippen LogP contribution in [0.2, 0.25) is 0 Å². The van der Waals surface area contributed by atoms with Gasteiger partial charge >= 0.3 is 12.1 Å². The Morgan fingerprint density at radius 2 is 1.72 bits per heavy atom. The van der Waals surface area contributed by atoms with E-state index in [4.69, 9.17) is 4.52 Å². The van der Waals surface area contributed by atoms with Crippen molar-refractivity contribution >= 4 is 16.8 Å². The maximum Gasteiger partial charge on any atom is 0.459 e. The minimum atomic E-state index is -5.80. The van der Waals surface area contributed by atoms with Crippen LogP contribution in [0.3, 0.4) is 0 Å². The van der Waals surface area contributed by atoms with Crippen LogP contribution >= 0.6 is 0 Å². The van der Waals surface area contributed by atoms with E-state index in [2.05, 4.69) is 20.4 Å². The summed E-state index contributed by atoms with van der Waals surface area (Å²) in [6.45, 7) is 0.164. The number of rotatable bonds is 6. The number of nitrogens with zero attached hydrogens (tertiary/aromatic N) is 3. The summed E-state index contributed by atoms with van der Waals surface area (Å²) >= 11 is 0. The van der Waals surface area contributed by atoms with Gasteiger partial charge in [-0.1, -0.05) is 41.6 Å². The van der Waals surface area contributed by atoms with Gasteiger partial charge in [-0.25, -0.2) is 9.97 Å². The van der Waals surface area contributed by atoms with Crippen molar-refractivity contribution < 1.29 is 31.6 Å². The first-order chi connectivity index (χ1) is 15.2. The van der Waals surface area contributed by atoms with Crippen molar-refractivity contribution in [3.8, 4) is 11.3 Å². The molecule has 166 valence electrons. The maximum absolute atomic E-state index is 13.7. The second-order valence-electron chi connectivity index (χ2n) is 6.91. The lowest BCUT2D eigenvalue weighted by Crippen LogP contribution is -2.34. The predicted octanol–water partition coefficient (Wildman–Crippen LogP) is 5.08. The Kier molecular flexibility index (Phi) is 5.51. The van der Waals surface area contributed by atoms with Crippen LogP contribution in [0.5, 0.6) is 0 Å². The number of hydrogen-bond acceptors (Lipinski definition) is 6. The normalized spacial score (nSPS) is 13.3. The van der Waals surface area contributed by atoms with Crippen LogP contribution in [0.4, 0.5) is 27.8 Å². The van der Waals surface area contributed by atoms with Gasteiger partial charge in [0.2, 0.25) is 0 Å². The lowest BCUT2D eigenvalue weighted by molar-refractivity contribution is -0.290. The SMILES string of the molecule is O[C@@H](CNc1cc(-c2ccc3c(C(F)(F)C(F)(F)F)noc3c2)ncn1)c1ccccc1. The Labute approximate surface area is 177 Å². The molecule has 2 aromatic heterocycles. The monoisotopic (exact) mass is 450 g/mol. The first-order valence-corrected chi connectivity index (χ1v) is 9.30. The highest BCUT2D eigenvalue weighted by Gasteiger charge is 2.61. The summed E-state index contributed by atoms with van der Waals surface area (Å²) in [4.78, 5) is 8.16. The molecular weight excluding hydrogens is 435 g/mol. The van der Waals surface area contributed by atoms with Gasteiger partial charge in [0.05, 0.1) is 17.2 Å². The highest BCUT2D eigenvalue weighted by molar-refractivity contribution is 5.85. The van der Waals surface area contributed by atoms with Crippen molar-refractivity contribution in [1.29, 1.82) is 0 Å². The smallest absolute Gasteiger partial charge is 0.387 e. The number of hydrogen-bond donors (Lipinski definition) is 2. The third-order valence-corrected chi connectivity index (χ3v) is 4.75. The fourth-order valence-electron chi connectivity index (χ4n) is 3.06. The van der Waals surface area contributed by atoms with Crippen molar-refractivity contribution in [1.82, 2.24) is 15.1 Å². The Hall–Kier alpha value is -3.60. The molecule has 4 aromatic rings. The number of nitrogens with one attached hydrogen (secondary N) is 1. The minimum Gasteiger partial charge on any atom is -0.387 e. The van der Waals surface area contributed by atoms with Gasteiger partial charge in [0.25, 0.3) is 0 Å². The summed E-state index contributed by atoms with van der Waals surface area (Å²) in [5, 5.41) is 15.7. The fourth-order valence-corrected chi connectivity index (χ4v) is 3.06. The molecule has 0 spiro atoms. The standard InChI is InChI=1S/C21H15F5N4O2/c22-20(23,21(24,25)26)19-14-7-6-13(8-17(14)32-30-19)15-9-18(29-11-28-15)27-10-16(31)12-4-2-1-3-5-12/h1-9,11,16,31H,10H2,(H,27,28,29)/t16-/m0/s1. The quantitative estimate of drug-likeness (QED) is 0.399. The van der Waals surface area contributed by atoms with Crippen LogP contribution in [0, 0.1) is 0 Å². The molecule has 4 rings (SSSR count). The summed E-state index contributed by atoms with van der Waals surface area (Å²) in [7, 11) is 0. The molecule has 0 amide bonds. The molecule has 0 fully saturated rings. The zero-order valence-electron chi connectivity index (χ0n) is 16.1.